The maximum Gasteiger partial charge on any atom is 0.251 e. The van der Waals surface area contributed by atoms with E-state index in [1.165, 1.54) is 5.52 Å². The molecule has 1 aromatic heterocycles. The number of para-hydroxylation sites is 2. The van der Waals surface area contributed by atoms with Crippen molar-refractivity contribution in [1.29, 1.82) is 0 Å². The number of aromatic nitrogens is 2. The number of carbonyl (C=O) groups excluding carboxylic acids is 1. The van der Waals surface area contributed by atoms with Gasteiger partial charge in [0.05, 0.1) is 31.9 Å². The van der Waals surface area contributed by atoms with E-state index >= 15 is 0 Å². The number of rotatable bonds is 15. The van der Waals surface area contributed by atoms with Crippen LogP contribution in [0.5, 0.6) is 17.2 Å². The van der Waals surface area contributed by atoms with Gasteiger partial charge in [0.2, 0.25) is 0 Å². The van der Waals surface area contributed by atoms with Crippen molar-refractivity contribution in [3.63, 3.8) is 0 Å². The van der Waals surface area contributed by atoms with Crippen molar-refractivity contribution in [2.24, 2.45) is 0 Å². The molecule has 1 heterocycles. The molecule has 38 heavy (non-hydrogen) atoms. The molecule has 0 aliphatic heterocycles. The van der Waals surface area contributed by atoms with Crippen molar-refractivity contribution in [3.05, 3.63) is 84.2 Å². The number of aryl methyl sites for hydroxylation is 2. The summed E-state index contributed by atoms with van der Waals surface area (Å²) in [6.45, 7) is 2.26. The lowest BCUT2D eigenvalue weighted by atomic mass is 10.1. The van der Waals surface area contributed by atoms with Crippen LogP contribution in [0.15, 0.2) is 72.8 Å². The smallest absolute Gasteiger partial charge is 0.251 e. The molecule has 0 atom stereocenters. The number of nitrogens with zero attached hydrogens (tertiary/aromatic N) is 2. The summed E-state index contributed by atoms with van der Waals surface area (Å²) in [6, 6.07) is 23.2. The van der Waals surface area contributed by atoms with Crippen LogP contribution in [0.3, 0.4) is 0 Å². The lowest BCUT2D eigenvalue weighted by Crippen LogP contribution is -2.24. The third kappa shape index (κ3) is 7.51. The molecular formula is C31H37N3O4. The maximum atomic E-state index is 12.3. The van der Waals surface area contributed by atoms with Crippen molar-refractivity contribution in [2.45, 2.75) is 45.1 Å². The molecule has 4 aromatic rings. The first kappa shape index (κ1) is 27.0. The quantitative estimate of drug-likeness (QED) is 0.195. The standard InChI is InChI=1S/C31H37N3O4/c1-36-25-15-13-24(14-16-25)31(35)32-21-7-3-4-12-30-33-28-10-5-6-11-29(28)34(30)22-8-9-23-38-27-19-17-26(37-2)18-20-27/h5-6,10-11,13-20H,3-4,7-9,12,21-23H2,1-2H3,(H,32,35). The van der Waals surface area contributed by atoms with Crippen LogP contribution in [0.1, 0.15) is 48.3 Å². The van der Waals surface area contributed by atoms with Gasteiger partial charge in [0, 0.05) is 25.1 Å². The Morgan fingerprint density at radius 1 is 0.789 bits per heavy atom. The number of hydrogen-bond donors (Lipinski definition) is 1. The van der Waals surface area contributed by atoms with Gasteiger partial charge in [-0.1, -0.05) is 18.6 Å². The molecule has 0 saturated heterocycles. The number of hydrogen-bond acceptors (Lipinski definition) is 5. The zero-order valence-electron chi connectivity index (χ0n) is 22.3. The molecule has 200 valence electrons. The Labute approximate surface area is 224 Å². The SMILES string of the molecule is COc1ccc(OCCCCn2c(CCCCCNC(=O)c3ccc(OC)cc3)nc3ccccc32)cc1. The fourth-order valence-electron chi connectivity index (χ4n) is 4.43. The third-order valence-corrected chi connectivity index (χ3v) is 6.55. The molecule has 1 N–H and O–H groups in total. The van der Waals surface area contributed by atoms with Crippen molar-refractivity contribution in [2.75, 3.05) is 27.4 Å². The fourth-order valence-corrected chi connectivity index (χ4v) is 4.43. The number of unbranched alkanes of at least 4 members (excludes halogenated alkanes) is 3. The number of ether oxygens (including phenoxy) is 3. The molecule has 3 aromatic carbocycles. The minimum Gasteiger partial charge on any atom is -0.497 e. The number of amides is 1. The van der Waals surface area contributed by atoms with Crippen LogP contribution in [0, 0.1) is 0 Å². The predicted molar refractivity (Wildman–Crippen MR) is 150 cm³/mol. The number of fused-ring (bicyclic) bond motifs is 1. The molecule has 4 rings (SSSR count). The zero-order valence-corrected chi connectivity index (χ0v) is 22.3. The second-order valence-electron chi connectivity index (χ2n) is 9.19. The highest BCUT2D eigenvalue weighted by Gasteiger charge is 2.10. The van der Waals surface area contributed by atoms with Crippen LogP contribution in [-0.4, -0.2) is 42.8 Å². The average molecular weight is 516 g/mol. The van der Waals surface area contributed by atoms with Gasteiger partial charge in [-0.05, 0) is 86.3 Å². The topological polar surface area (TPSA) is 74.6 Å². The van der Waals surface area contributed by atoms with Crippen molar-refractivity contribution >= 4 is 16.9 Å². The molecule has 7 heteroatoms. The summed E-state index contributed by atoms with van der Waals surface area (Å²) in [4.78, 5) is 17.2. The number of imidazole rings is 1. The number of carbonyl (C=O) groups is 1. The highest BCUT2D eigenvalue weighted by molar-refractivity contribution is 5.94. The second-order valence-corrected chi connectivity index (χ2v) is 9.19. The van der Waals surface area contributed by atoms with Gasteiger partial charge >= 0.3 is 0 Å². The van der Waals surface area contributed by atoms with Gasteiger partial charge in [-0.3, -0.25) is 4.79 Å². The van der Waals surface area contributed by atoms with Crippen molar-refractivity contribution in [3.8, 4) is 17.2 Å². The van der Waals surface area contributed by atoms with E-state index in [1.54, 1.807) is 38.5 Å². The summed E-state index contributed by atoms with van der Waals surface area (Å²) in [5, 5.41) is 3.01. The number of methoxy groups -OCH3 is 2. The number of benzene rings is 3. The van der Waals surface area contributed by atoms with Crippen molar-refractivity contribution in [1.82, 2.24) is 14.9 Å². The highest BCUT2D eigenvalue weighted by atomic mass is 16.5. The normalized spacial score (nSPS) is 10.9. The largest absolute Gasteiger partial charge is 0.497 e. The van der Waals surface area contributed by atoms with E-state index in [9.17, 15) is 4.79 Å². The van der Waals surface area contributed by atoms with E-state index in [0.717, 1.165) is 73.7 Å². The molecule has 0 aliphatic rings. The third-order valence-electron chi connectivity index (χ3n) is 6.55. The first-order valence-corrected chi connectivity index (χ1v) is 13.3. The Bertz CT molecular complexity index is 1280. The lowest BCUT2D eigenvalue weighted by molar-refractivity contribution is 0.0953. The Balaban J connectivity index is 1.20. The van der Waals surface area contributed by atoms with Gasteiger partial charge < -0.3 is 24.1 Å². The highest BCUT2D eigenvalue weighted by Crippen LogP contribution is 2.20. The lowest BCUT2D eigenvalue weighted by Gasteiger charge is -2.11. The van der Waals surface area contributed by atoms with E-state index < -0.39 is 0 Å². The van der Waals surface area contributed by atoms with E-state index in [0.29, 0.717) is 18.7 Å². The molecule has 0 bridgehead atoms. The van der Waals surface area contributed by atoms with E-state index in [-0.39, 0.29) is 5.91 Å². The molecule has 0 saturated carbocycles. The molecule has 0 spiro atoms. The summed E-state index contributed by atoms with van der Waals surface area (Å²) < 4.78 is 18.6. The van der Waals surface area contributed by atoms with E-state index in [2.05, 4.69) is 28.1 Å². The Morgan fingerprint density at radius 3 is 2.21 bits per heavy atom. The zero-order chi connectivity index (χ0) is 26.6. The second kappa shape index (κ2) is 14.1. The van der Waals surface area contributed by atoms with Crippen LogP contribution in [-0.2, 0) is 13.0 Å². The maximum absolute atomic E-state index is 12.3. The molecular weight excluding hydrogens is 478 g/mol. The van der Waals surface area contributed by atoms with Gasteiger partial charge in [0.1, 0.15) is 23.1 Å². The predicted octanol–water partition coefficient (Wildman–Crippen LogP) is 6.06. The van der Waals surface area contributed by atoms with Crippen LogP contribution < -0.4 is 19.5 Å². The minimum atomic E-state index is -0.0505. The summed E-state index contributed by atoms with van der Waals surface area (Å²) in [7, 11) is 3.28. The molecule has 0 unspecified atom stereocenters. The van der Waals surface area contributed by atoms with Crippen LogP contribution >= 0.6 is 0 Å². The Hall–Kier alpha value is -4.00. The van der Waals surface area contributed by atoms with Gasteiger partial charge in [0.25, 0.3) is 5.91 Å². The summed E-state index contributed by atoms with van der Waals surface area (Å²) in [5.41, 5.74) is 2.88. The molecule has 1 amide bonds. The van der Waals surface area contributed by atoms with Crippen LogP contribution in [0.2, 0.25) is 0 Å². The van der Waals surface area contributed by atoms with Gasteiger partial charge in [-0.15, -0.1) is 0 Å². The summed E-state index contributed by atoms with van der Waals surface area (Å²) in [5.74, 6) is 3.51. The molecule has 7 nitrogen and oxygen atoms in total. The first-order valence-electron chi connectivity index (χ1n) is 13.3. The van der Waals surface area contributed by atoms with Crippen LogP contribution in [0.25, 0.3) is 11.0 Å². The molecule has 0 fully saturated rings. The summed E-state index contributed by atoms with van der Waals surface area (Å²) in [6.07, 6.45) is 5.89. The fraction of sp³-hybridized carbons (Fsp3) is 0.355. The van der Waals surface area contributed by atoms with Crippen LogP contribution in [0.4, 0.5) is 0 Å². The average Bonchev–Trinajstić information content (AvgIpc) is 3.32. The van der Waals surface area contributed by atoms with E-state index in [4.69, 9.17) is 19.2 Å². The van der Waals surface area contributed by atoms with Gasteiger partial charge in [-0.2, -0.15) is 0 Å². The minimum absolute atomic E-state index is 0.0505. The van der Waals surface area contributed by atoms with E-state index in [1.807, 2.05) is 30.3 Å². The number of nitrogens with one attached hydrogen (secondary N) is 1. The molecule has 0 radical (unpaired) electrons. The Morgan fingerprint density at radius 2 is 1.47 bits per heavy atom. The monoisotopic (exact) mass is 515 g/mol. The Kier molecular flexibility index (Phi) is 10.0. The van der Waals surface area contributed by atoms with Gasteiger partial charge in [0.15, 0.2) is 0 Å². The van der Waals surface area contributed by atoms with Crippen molar-refractivity contribution < 1.29 is 19.0 Å². The summed E-state index contributed by atoms with van der Waals surface area (Å²) >= 11 is 0. The first-order chi connectivity index (χ1) is 18.7. The van der Waals surface area contributed by atoms with Gasteiger partial charge in [-0.25, -0.2) is 4.98 Å². The molecule has 0 aliphatic carbocycles.